The molecule has 2 rings (SSSR count). The summed E-state index contributed by atoms with van der Waals surface area (Å²) in [7, 11) is 4.06. The van der Waals surface area contributed by atoms with Gasteiger partial charge in [0.1, 0.15) is 5.54 Å². The normalized spacial score (nSPS) is 16.2. The van der Waals surface area contributed by atoms with Crippen LogP contribution in [0.5, 0.6) is 0 Å². The second-order valence-corrected chi connectivity index (χ2v) is 6.21. The van der Waals surface area contributed by atoms with Crippen molar-refractivity contribution in [1.82, 2.24) is 5.32 Å². The van der Waals surface area contributed by atoms with Gasteiger partial charge in [-0.2, -0.15) is 0 Å². The van der Waals surface area contributed by atoms with Crippen molar-refractivity contribution in [2.24, 2.45) is 4.99 Å². The number of hydrogen-bond acceptors (Lipinski definition) is 4. The number of nitrogens with zero attached hydrogens (tertiary/aromatic N) is 2. The Kier molecular flexibility index (Phi) is 5.48. The lowest BCUT2D eigenvalue weighted by atomic mass is 10.1. The van der Waals surface area contributed by atoms with Crippen LogP contribution in [0.1, 0.15) is 19.4 Å². The Morgan fingerprint density at radius 3 is 2.50 bits per heavy atom. The molecule has 0 bridgehead atoms. The fourth-order valence-corrected chi connectivity index (χ4v) is 2.86. The van der Waals surface area contributed by atoms with Crippen LogP contribution in [0.25, 0.3) is 0 Å². The first-order chi connectivity index (χ1) is 8.90. The molecule has 4 nitrogen and oxygen atoms in total. The summed E-state index contributed by atoms with van der Waals surface area (Å²) in [6.45, 7) is 3.65. The number of hydrogen-bond donors (Lipinski definition) is 1. The van der Waals surface area contributed by atoms with Crippen LogP contribution in [0, 0.1) is 0 Å². The summed E-state index contributed by atoms with van der Waals surface area (Å²) in [5, 5.41) is 3.54. The molecule has 0 aliphatic carbocycles. The standard InChI is InChI=1S/C14H19N3OS.ClH/c1-14(2)12(18)15-13(16-14)19-9-10-7-5-6-8-11(10)17(3)4;/h5-8H,9H2,1-4H3,(H,15,16,18);1H. The molecule has 6 heteroatoms. The Hall–Kier alpha value is -1.20. The van der Waals surface area contributed by atoms with Crippen LogP contribution in [0.15, 0.2) is 29.3 Å². The smallest absolute Gasteiger partial charge is 0.253 e. The topological polar surface area (TPSA) is 44.7 Å². The molecule has 0 aromatic heterocycles. The molecule has 0 fully saturated rings. The Labute approximate surface area is 130 Å². The molecule has 1 aliphatic heterocycles. The van der Waals surface area contributed by atoms with E-state index in [9.17, 15) is 4.79 Å². The van der Waals surface area contributed by atoms with Crippen molar-refractivity contribution in [2.75, 3.05) is 19.0 Å². The summed E-state index contributed by atoms with van der Waals surface area (Å²) in [6.07, 6.45) is 0. The third kappa shape index (κ3) is 3.67. The van der Waals surface area contributed by atoms with Gasteiger partial charge in [0.2, 0.25) is 0 Å². The van der Waals surface area contributed by atoms with Crippen LogP contribution in [-0.4, -0.2) is 30.7 Å². The number of amides is 1. The Morgan fingerprint density at radius 1 is 1.30 bits per heavy atom. The third-order valence-corrected chi connectivity index (χ3v) is 3.92. The lowest BCUT2D eigenvalue weighted by molar-refractivity contribution is -0.122. The van der Waals surface area contributed by atoms with Gasteiger partial charge in [0.25, 0.3) is 5.91 Å². The van der Waals surface area contributed by atoms with Gasteiger partial charge < -0.3 is 10.2 Å². The molecule has 1 heterocycles. The van der Waals surface area contributed by atoms with Crippen LogP contribution in [0.4, 0.5) is 5.69 Å². The van der Waals surface area contributed by atoms with Gasteiger partial charge >= 0.3 is 0 Å². The van der Waals surface area contributed by atoms with Crippen molar-refractivity contribution in [2.45, 2.75) is 25.1 Å². The maximum atomic E-state index is 11.6. The maximum Gasteiger partial charge on any atom is 0.253 e. The number of para-hydroxylation sites is 1. The molecule has 0 saturated carbocycles. The van der Waals surface area contributed by atoms with E-state index < -0.39 is 5.54 Å². The first-order valence-corrected chi connectivity index (χ1v) is 7.18. The van der Waals surface area contributed by atoms with Gasteiger partial charge in [0.05, 0.1) is 0 Å². The number of thioether (sulfide) groups is 1. The van der Waals surface area contributed by atoms with Crippen molar-refractivity contribution >= 4 is 40.9 Å². The predicted molar refractivity (Wildman–Crippen MR) is 89.0 cm³/mol. The van der Waals surface area contributed by atoms with E-state index in [0.29, 0.717) is 5.17 Å². The summed E-state index contributed by atoms with van der Waals surface area (Å²) in [4.78, 5) is 18.1. The summed E-state index contributed by atoms with van der Waals surface area (Å²) < 4.78 is 0. The second-order valence-electron chi connectivity index (χ2n) is 5.24. The van der Waals surface area contributed by atoms with Crippen molar-refractivity contribution in [3.05, 3.63) is 29.8 Å². The van der Waals surface area contributed by atoms with Gasteiger partial charge in [0, 0.05) is 25.5 Å². The number of aliphatic imine (C=N–C) groups is 1. The molecule has 1 amide bonds. The van der Waals surface area contributed by atoms with Gasteiger partial charge in [-0.05, 0) is 25.5 Å². The third-order valence-electron chi connectivity index (χ3n) is 2.99. The first-order valence-electron chi connectivity index (χ1n) is 6.19. The number of halogens is 1. The van der Waals surface area contributed by atoms with Crippen molar-refractivity contribution in [1.29, 1.82) is 0 Å². The zero-order valence-corrected chi connectivity index (χ0v) is 13.8. The number of carbonyl (C=O) groups is 1. The van der Waals surface area contributed by atoms with E-state index in [1.165, 1.54) is 11.3 Å². The quantitative estimate of drug-likeness (QED) is 0.933. The van der Waals surface area contributed by atoms with Crippen LogP contribution < -0.4 is 10.2 Å². The van der Waals surface area contributed by atoms with E-state index >= 15 is 0 Å². The molecule has 1 N–H and O–H groups in total. The van der Waals surface area contributed by atoms with Gasteiger partial charge in [-0.1, -0.05) is 30.0 Å². The molecule has 0 spiro atoms. The van der Waals surface area contributed by atoms with E-state index in [4.69, 9.17) is 0 Å². The van der Waals surface area contributed by atoms with Crippen LogP contribution >= 0.6 is 24.2 Å². The van der Waals surface area contributed by atoms with Crippen LogP contribution in [0.2, 0.25) is 0 Å². The molecule has 1 aromatic carbocycles. The number of carbonyl (C=O) groups excluding carboxylic acids is 1. The average molecular weight is 314 g/mol. The van der Waals surface area contributed by atoms with Crippen LogP contribution in [-0.2, 0) is 10.5 Å². The Bertz CT molecular complexity index is 529. The lowest BCUT2D eigenvalue weighted by Gasteiger charge is -2.16. The molecule has 110 valence electrons. The summed E-state index contributed by atoms with van der Waals surface area (Å²) in [6, 6.07) is 8.25. The molecule has 0 radical (unpaired) electrons. The van der Waals surface area contributed by atoms with E-state index in [-0.39, 0.29) is 18.3 Å². The Balaban J connectivity index is 0.00000200. The molecular formula is C14H20ClN3OS. The maximum absolute atomic E-state index is 11.6. The van der Waals surface area contributed by atoms with E-state index in [2.05, 4.69) is 27.3 Å². The minimum Gasteiger partial charge on any atom is -0.377 e. The number of amidine groups is 1. The molecule has 0 atom stereocenters. The van der Waals surface area contributed by atoms with Crippen molar-refractivity contribution < 1.29 is 4.79 Å². The van der Waals surface area contributed by atoms with Crippen LogP contribution in [0.3, 0.4) is 0 Å². The number of anilines is 1. The summed E-state index contributed by atoms with van der Waals surface area (Å²) in [5.74, 6) is 0.764. The highest BCUT2D eigenvalue weighted by atomic mass is 35.5. The molecule has 1 aliphatic rings. The summed E-state index contributed by atoms with van der Waals surface area (Å²) in [5.41, 5.74) is 1.79. The number of benzene rings is 1. The lowest BCUT2D eigenvalue weighted by Crippen LogP contribution is -2.33. The average Bonchev–Trinajstić information content (AvgIpc) is 2.61. The fourth-order valence-electron chi connectivity index (χ4n) is 1.87. The van der Waals surface area contributed by atoms with Crippen molar-refractivity contribution in [3.63, 3.8) is 0 Å². The van der Waals surface area contributed by atoms with E-state index in [1.54, 1.807) is 11.8 Å². The SMILES string of the molecule is CN(C)c1ccccc1CSC1=NC(C)(C)C(=O)N1.Cl. The number of rotatable bonds is 3. The Morgan fingerprint density at radius 2 is 1.95 bits per heavy atom. The van der Waals surface area contributed by atoms with Gasteiger partial charge in [-0.3, -0.25) is 4.79 Å². The van der Waals surface area contributed by atoms with Gasteiger partial charge in [-0.15, -0.1) is 12.4 Å². The number of nitrogens with one attached hydrogen (secondary N) is 1. The molecular weight excluding hydrogens is 294 g/mol. The fraction of sp³-hybridized carbons (Fsp3) is 0.429. The summed E-state index contributed by atoms with van der Waals surface area (Å²) >= 11 is 1.57. The largest absolute Gasteiger partial charge is 0.377 e. The zero-order valence-electron chi connectivity index (χ0n) is 12.1. The minimum absolute atomic E-state index is 0. The predicted octanol–water partition coefficient (Wildman–Crippen LogP) is 2.67. The van der Waals surface area contributed by atoms with E-state index in [0.717, 1.165) is 5.75 Å². The molecule has 1 aromatic rings. The van der Waals surface area contributed by atoms with Gasteiger partial charge in [0.15, 0.2) is 5.17 Å². The minimum atomic E-state index is -0.636. The van der Waals surface area contributed by atoms with Gasteiger partial charge in [-0.25, -0.2) is 4.99 Å². The second kappa shape index (κ2) is 6.50. The highest BCUT2D eigenvalue weighted by molar-refractivity contribution is 8.13. The highest BCUT2D eigenvalue weighted by Crippen LogP contribution is 2.26. The monoisotopic (exact) mass is 313 g/mol. The van der Waals surface area contributed by atoms with Crippen molar-refractivity contribution in [3.8, 4) is 0 Å². The van der Waals surface area contributed by atoms with E-state index in [1.807, 2.05) is 40.1 Å². The molecule has 0 unspecified atom stereocenters. The molecule has 0 saturated heterocycles. The highest BCUT2D eigenvalue weighted by Gasteiger charge is 2.34. The molecule has 20 heavy (non-hydrogen) atoms. The zero-order chi connectivity index (χ0) is 14.0. The first kappa shape index (κ1) is 16.9.